The zero-order chi connectivity index (χ0) is 15.3. The molecule has 0 amide bonds. The summed E-state index contributed by atoms with van der Waals surface area (Å²) in [7, 11) is 3.89. The summed E-state index contributed by atoms with van der Waals surface area (Å²) in [5.41, 5.74) is -0.537. The minimum Gasteiger partial charge on any atom is -0.478 e. The van der Waals surface area contributed by atoms with Crippen molar-refractivity contribution in [2.75, 3.05) is 26.0 Å². The molecule has 0 saturated heterocycles. The fourth-order valence-electron chi connectivity index (χ4n) is 1.59. The van der Waals surface area contributed by atoms with E-state index in [0.29, 0.717) is 0 Å². The third kappa shape index (κ3) is 4.47. The normalized spacial score (nSPS) is 12.2. The Morgan fingerprint density at radius 2 is 2.25 bits per heavy atom. The van der Waals surface area contributed by atoms with Crippen LogP contribution in [0.25, 0.3) is 0 Å². The molecule has 0 fully saturated rings. The van der Waals surface area contributed by atoms with Crippen LogP contribution in [0.4, 0.5) is 11.5 Å². The zero-order valence-corrected chi connectivity index (χ0v) is 11.7. The number of aromatic carboxylic acids is 1. The highest BCUT2D eigenvalue weighted by molar-refractivity contribution is 5.93. The summed E-state index contributed by atoms with van der Waals surface area (Å²) in [4.78, 5) is 27.0. The van der Waals surface area contributed by atoms with Crippen molar-refractivity contribution in [2.45, 2.75) is 19.4 Å². The number of carbonyl (C=O) groups is 1. The van der Waals surface area contributed by atoms with Crippen molar-refractivity contribution in [3.05, 3.63) is 27.9 Å². The maximum atomic E-state index is 11.1. The van der Waals surface area contributed by atoms with Crippen molar-refractivity contribution >= 4 is 17.5 Å². The molecule has 0 radical (unpaired) electrons. The van der Waals surface area contributed by atoms with Crippen molar-refractivity contribution in [1.29, 1.82) is 0 Å². The van der Waals surface area contributed by atoms with E-state index in [0.717, 1.165) is 25.2 Å². The van der Waals surface area contributed by atoms with Gasteiger partial charge < -0.3 is 15.3 Å². The van der Waals surface area contributed by atoms with Gasteiger partial charge in [-0.1, -0.05) is 0 Å². The Morgan fingerprint density at radius 1 is 1.60 bits per heavy atom. The standard InChI is InChI=1S/C12H18N4O4/c1-8(4-5-15(2)3)14-11-10(12(17)18)6-9(7-13-11)16(19)20/h6-8H,4-5H2,1-3H3,(H,13,14)(H,17,18). The lowest BCUT2D eigenvalue weighted by atomic mass is 10.2. The second-order valence-electron chi connectivity index (χ2n) is 4.79. The molecular weight excluding hydrogens is 264 g/mol. The van der Waals surface area contributed by atoms with Crippen LogP contribution in [0.15, 0.2) is 12.3 Å². The first kappa shape index (κ1) is 15.8. The minimum absolute atomic E-state index is 0.00413. The average Bonchev–Trinajstić information content (AvgIpc) is 2.36. The molecule has 1 atom stereocenters. The summed E-state index contributed by atoms with van der Waals surface area (Å²) in [6, 6.07) is 1.01. The fourth-order valence-corrected chi connectivity index (χ4v) is 1.59. The lowest BCUT2D eigenvalue weighted by Gasteiger charge is -2.18. The van der Waals surface area contributed by atoms with Crippen LogP contribution in [-0.4, -0.2) is 52.6 Å². The van der Waals surface area contributed by atoms with Crippen LogP contribution in [-0.2, 0) is 0 Å². The number of pyridine rings is 1. The number of hydrogen-bond donors (Lipinski definition) is 2. The highest BCUT2D eigenvalue weighted by Gasteiger charge is 2.18. The molecule has 0 aliphatic heterocycles. The Hall–Kier alpha value is -2.22. The summed E-state index contributed by atoms with van der Waals surface area (Å²) in [5.74, 6) is -1.10. The molecule has 110 valence electrons. The van der Waals surface area contributed by atoms with Crippen LogP contribution in [0.1, 0.15) is 23.7 Å². The molecule has 0 spiro atoms. The van der Waals surface area contributed by atoms with Crippen LogP contribution >= 0.6 is 0 Å². The number of rotatable bonds is 7. The first-order chi connectivity index (χ1) is 9.31. The van der Waals surface area contributed by atoms with Crippen LogP contribution < -0.4 is 5.32 Å². The molecule has 0 saturated carbocycles. The van der Waals surface area contributed by atoms with Crippen molar-refractivity contribution in [3.8, 4) is 0 Å². The molecule has 8 heteroatoms. The molecule has 2 N–H and O–H groups in total. The third-order valence-electron chi connectivity index (χ3n) is 2.71. The molecule has 0 bridgehead atoms. The monoisotopic (exact) mass is 282 g/mol. The first-order valence-corrected chi connectivity index (χ1v) is 6.10. The third-order valence-corrected chi connectivity index (χ3v) is 2.71. The topological polar surface area (TPSA) is 109 Å². The minimum atomic E-state index is -1.25. The summed E-state index contributed by atoms with van der Waals surface area (Å²) in [6.07, 6.45) is 1.85. The molecule has 1 rings (SSSR count). The summed E-state index contributed by atoms with van der Waals surface area (Å²) < 4.78 is 0. The molecule has 1 unspecified atom stereocenters. The molecule has 1 heterocycles. The van der Waals surface area contributed by atoms with Crippen molar-refractivity contribution < 1.29 is 14.8 Å². The quantitative estimate of drug-likeness (QED) is 0.575. The van der Waals surface area contributed by atoms with E-state index in [-0.39, 0.29) is 23.1 Å². The second-order valence-corrected chi connectivity index (χ2v) is 4.79. The molecule has 1 aromatic heterocycles. The number of carboxylic acid groups (broad SMARTS) is 1. The van der Waals surface area contributed by atoms with E-state index in [1.807, 2.05) is 25.9 Å². The number of anilines is 1. The molecule has 8 nitrogen and oxygen atoms in total. The maximum Gasteiger partial charge on any atom is 0.339 e. The summed E-state index contributed by atoms with van der Waals surface area (Å²) >= 11 is 0. The lowest BCUT2D eigenvalue weighted by Crippen LogP contribution is -2.24. The number of carboxylic acids is 1. The molecule has 0 aromatic carbocycles. The van der Waals surface area contributed by atoms with Crippen LogP contribution in [0, 0.1) is 10.1 Å². The van der Waals surface area contributed by atoms with Crippen LogP contribution in [0.3, 0.4) is 0 Å². The van der Waals surface area contributed by atoms with E-state index < -0.39 is 10.9 Å². The van der Waals surface area contributed by atoms with E-state index in [2.05, 4.69) is 10.3 Å². The van der Waals surface area contributed by atoms with Gasteiger partial charge in [0.2, 0.25) is 0 Å². The van der Waals surface area contributed by atoms with Gasteiger partial charge in [-0.3, -0.25) is 10.1 Å². The van der Waals surface area contributed by atoms with Gasteiger partial charge in [0.1, 0.15) is 17.6 Å². The van der Waals surface area contributed by atoms with Crippen molar-refractivity contribution in [1.82, 2.24) is 9.88 Å². The van der Waals surface area contributed by atoms with Crippen LogP contribution in [0.2, 0.25) is 0 Å². The number of nitrogens with zero attached hydrogens (tertiary/aromatic N) is 3. The molecular formula is C12H18N4O4. The predicted octanol–water partition coefficient (Wildman–Crippen LogP) is 1.44. The van der Waals surface area contributed by atoms with Gasteiger partial charge in [-0.15, -0.1) is 0 Å². The number of nitrogens with one attached hydrogen (secondary N) is 1. The molecule has 20 heavy (non-hydrogen) atoms. The van der Waals surface area contributed by atoms with Gasteiger partial charge >= 0.3 is 5.97 Å². The van der Waals surface area contributed by atoms with E-state index in [9.17, 15) is 14.9 Å². The predicted molar refractivity (Wildman–Crippen MR) is 74.1 cm³/mol. The van der Waals surface area contributed by atoms with E-state index >= 15 is 0 Å². The fraction of sp³-hybridized carbons (Fsp3) is 0.500. The largest absolute Gasteiger partial charge is 0.478 e. The zero-order valence-electron chi connectivity index (χ0n) is 11.7. The SMILES string of the molecule is CC(CCN(C)C)Nc1ncc([N+](=O)[O-])cc1C(=O)O. The number of nitro groups is 1. The van der Waals surface area contributed by atoms with E-state index in [1.165, 1.54) is 0 Å². The highest BCUT2D eigenvalue weighted by atomic mass is 16.6. The van der Waals surface area contributed by atoms with E-state index in [4.69, 9.17) is 5.11 Å². The Morgan fingerprint density at radius 3 is 2.75 bits per heavy atom. The van der Waals surface area contributed by atoms with Crippen molar-refractivity contribution in [3.63, 3.8) is 0 Å². The first-order valence-electron chi connectivity index (χ1n) is 6.10. The van der Waals surface area contributed by atoms with Gasteiger partial charge in [-0.2, -0.15) is 0 Å². The highest BCUT2D eigenvalue weighted by Crippen LogP contribution is 2.20. The van der Waals surface area contributed by atoms with Gasteiger partial charge in [-0.05, 0) is 34.0 Å². The Kier molecular flexibility index (Phi) is 5.39. The maximum absolute atomic E-state index is 11.1. The smallest absolute Gasteiger partial charge is 0.339 e. The summed E-state index contributed by atoms with van der Waals surface area (Å²) in [6.45, 7) is 2.74. The average molecular weight is 282 g/mol. The van der Waals surface area contributed by atoms with Gasteiger partial charge in [-0.25, -0.2) is 9.78 Å². The second kappa shape index (κ2) is 6.80. The van der Waals surface area contributed by atoms with Crippen LogP contribution in [0.5, 0.6) is 0 Å². The number of hydrogen-bond acceptors (Lipinski definition) is 6. The van der Waals surface area contributed by atoms with Crippen molar-refractivity contribution in [2.24, 2.45) is 0 Å². The van der Waals surface area contributed by atoms with Gasteiger partial charge in [0.15, 0.2) is 0 Å². The summed E-state index contributed by atoms with van der Waals surface area (Å²) in [5, 5.41) is 22.7. The number of aromatic nitrogens is 1. The molecule has 0 aliphatic carbocycles. The molecule has 0 aliphatic rings. The van der Waals surface area contributed by atoms with Gasteiger partial charge in [0.05, 0.1) is 4.92 Å². The van der Waals surface area contributed by atoms with Gasteiger partial charge in [0, 0.05) is 12.1 Å². The molecule has 1 aromatic rings. The Bertz CT molecular complexity index is 504. The lowest BCUT2D eigenvalue weighted by molar-refractivity contribution is -0.385. The Balaban J connectivity index is 2.89. The van der Waals surface area contributed by atoms with E-state index in [1.54, 1.807) is 0 Å². The van der Waals surface area contributed by atoms with Gasteiger partial charge in [0.25, 0.3) is 5.69 Å². The Labute approximate surface area is 116 Å².